The molecule has 2 fully saturated rings. The first-order valence-electron chi connectivity index (χ1n) is 9.62. The Labute approximate surface area is 167 Å². The highest BCUT2D eigenvalue weighted by molar-refractivity contribution is 7.90. The van der Waals surface area contributed by atoms with Crippen molar-refractivity contribution in [2.75, 3.05) is 5.73 Å². The molecule has 0 radical (unpaired) electrons. The Morgan fingerprint density at radius 3 is 2.52 bits per heavy atom. The van der Waals surface area contributed by atoms with Crippen molar-refractivity contribution in [2.24, 2.45) is 22.7 Å². The molecule has 1 aromatic carbocycles. The highest BCUT2D eigenvalue weighted by Crippen LogP contribution is 2.63. The molecule has 3 rings (SSSR count). The summed E-state index contributed by atoms with van der Waals surface area (Å²) in [6.07, 6.45) is 6.18. The minimum absolute atomic E-state index is 0.00104. The van der Waals surface area contributed by atoms with Gasteiger partial charge in [-0.2, -0.15) is 0 Å². The van der Waals surface area contributed by atoms with Crippen LogP contribution in [-0.2, 0) is 14.8 Å². The Kier molecular flexibility index (Phi) is 5.28. The van der Waals surface area contributed by atoms with E-state index in [1.165, 1.54) is 18.2 Å². The van der Waals surface area contributed by atoms with Gasteiger partial charge in [0.05, 0.1) is 15.6 Å². The number of sulfonamides is 1. The Bertz CT molecular complexity index is 843. The average molecular weight is 413 g/mol. The number of halogens is 1. The Hall–Kier alpha value is -1.27. The van der Waals surface area contributed by atoms with Gasteiger partial charge < -0.3 is 5.73 Å². The molecule has 1 aromatic rings. The van der Waals surface area contributed by atoms with Crippen molar-refractivity contribution >= 4 is 33.2 Å². The first kappa shape index (κ1) is 20.5. The lowest BCUT2D eigenvalue weighted by Gasteiger charge is -2.39. The van der Waals surface area contributed by atoms with E-state index >= 15 is 0 Å². The zero-order chi connectivity index (χ0) is 20.0. The van der Waals surface area contributed by atoms with E-state index in [0.29, 0.717) is 11.3 Å². The lowest BCUT2D eigenvalue weighted by Crippen LogP contribution is -2.35. The van der Waals surface area contributed by atoms with Crippen molar-refractivity contribution in [1.82, 2.24) is 4.72 Å². The molecule has 1 spiro atoms. The third-order valence-corrected chi connectivity index (χ3v) is 8.71. The van der Waals surface area contributed by atoms with E-state index in [1.54, 1.807) is 0 Å². The molecule has 150 valence electrons. The molecule has 1 amide bonds. The van der Waals surface area contributed by atoms with E-state index in [1.807, 2.05) is 0 Å². The molecule has 0 aromatic heterocycles. The summed E-state index contributed by atoms with van der Waals surface area (Å²) in [5, 5.41) is 0.285. The summed E-state index contributed by atoms with van der Waals surface area (Å²) in [6.45, 7) is 6.86. The maximum atomic E-state index is 12.6. The predicted molar refractivity (Wildman–Crippen MR) is 108 cm³/mol. The SMILES string of the molecule is CCC(C)(C)C1CCC2(CC1)CC2C(=O)NS(=O)(=O)c1ccc(Cl)c(N)c1. The Balaban J connectivity index is 1.63. The maximum absolute atomic E-state index is 12.6. The summed E-state index contributed by atoms with van der Waals surface area (Å²) in [4.78, 5) is 12.6. The second-order valence-corrected chi connectivity index (χ2v) is 11.0. The fourth-order valence-corrected chi connectivity index (χ4v) is 5.66. The van der Waals surface area contributed by atoms with Crippen LogP contribution in [0, 0.1) is 22.7 Å². The van der Waals surface area contributed by atoms with Crippen LogP contribution < -0.4 is 10.5 Å². The number of nitrogens with two attached hydrogens (primary N) is 1. The van der Waals surface area contributed by atoms with E-state index in [2.05, 4.69) is 25.5 Å². The summed E-state index contributed by atoms with van der Waals surface area (Å²) in [6, 6.07) is 4.05. The van der Waals surface area contributed by atoms with Gasteiger partial charge >= 0.3 is 0 Å². The fraction of sp³-hybridized carbons (Fsp3) is 0.650. The molecule has 0 heterocycles. The van der Waals surface area contributed by atoms with Crippen LogP contribution in [0.2, 0.25) is 5.02 Å². The van der Waals surface area contributed by atoms with Gasteiger partial charge in [0.1, 0.15) is 0 Å². The number of nitrogens with one attached hydrogen (secondary N) is 1. The fourth-order valence-electron chi connectivity index (χ4n) is 4.49. The topological polar surface area (TPSA) is 89.3 Å². The van der Waals surface area contributed by atoms with Gasteiger partial charge in [0, 0.05) is 5.92 Å². The second-order valence-electron chi connectivity index (χ2n) is 8.89. The molecule has 3 N–H and O–H groups in total. The molecule has 2 aliphatic carbocycles. The van der Waals surface area contributed by atoms with E-state index in [-0.39, 0.29) is 26.9 Å². The molecule has 1 atom stereocenters. The largest absolute Gasteiger partial charge is 0.397 e. The van der Waals surface area contributed by atoms with Gasteiger partial charge in [-0.3, -0.25) is 4.79 Å². The summed E-state index contributed by atoms with van der Waals surface area (Å²) >= 11 is 5.84. The smallest absolute Gasteiger partial charge is 0.264 e. The number of nitrogen functional groups attached to an aromatic ring is 1. The lowest BCUT2D eigenvalue weighted by atomic mass is 9.66. The van der Waals surface area contributed by atoms with Gasteiger partial charge in [0.15, 0.2) is 0 Å². The molecule has 0 saturated heterocycles. The van der Waals surface area contributed by atoms with Gasteiger partial charge in [0.25, 0.3) is 10.0 Å². The van der Waals surface area contributed by atoms with Crippen LogP contribution in [0.4, 0.5) is 5.69 Å². The highest BCUT2D eigenvalue weighted by atomic mass is 35.5. The molecule has 2 aliphatic rings. The summed E-state index contributed by atoms with van der Waals surface area (Å²) in [5.74, 6) is 0.0811. The van der Waals surface area contributed by atoms with E-state index < -0.39 is 15.9 Å². The zero-order valence-corrected chi connectivity index (χ0v) is 17.8. The maximum Gasteiger partial charge on any atom is 0.264 e. The van der Waals surface area contributed by atoms with Gasteiger partial charge in [-0.1, -0.05) is 38.8 Å². The molecule has 5 nitrogen and oxygen atoms in total. The van der Waals surface area contributed by atoms with Crippen molar-refractivity contribution in [3.8, 4) is 0 Å². The first-order chi connectivity index (χ1) is 12.5. The molecule has 27 heavy (non-hydrogen) atoms. The number of hydrogen-bond acceptors (Lipinski definition) is 4. The number of anilines is 1. The van der Waals surface area contributed by atoms with Gasteiger partial charge in [-0.15, -0.1) is 0 Å². The molecule has 2 saturated carbocycles. The second kappa shape index (κ2) is 6.96. The molecule has 0 bridgehead atoms. The normalized spacial score (nSPS) is 28.1. The molecule has 1 unspecified atom stereocenters. The van der Waals surface area contributed by atoms with Crippen LogP contribution in [0.3, 0.4) is 0 Å². The molecule has 0 aliphatic heterocycles. The molecule has 7 heteroatoms. The molecular weight excluding hydrogens is 384 g/mol. The number of carbonyl (C=O) groups excluding carboxylic acids is 1. The Morgan fingerprint density at radius 1 is 1.33 bits per heavy atom. The van der Waals surface area contributed by atoms with E-state index in [9.17, 15) is 13.2 Å². The summed E-state index contributed by atoms with van der Waals surface area (Å²) in [5.41, 5.74) is 6.18. The zero-order valence-electron chi connectivity index (χ0n) is 16.2. The average Bonchev–Trinajstić information content (AvgIpc) is 3.30. The third-order valence-electron chi connectivity index (χ3n) is 7.02. The van der Waals surface area contributed by atoms with Crippen LogP contribution in [0.15, 0.2) is 23.1 Å². The van der Waals surface area contributed by atoms with Gasteiger partial charge in [-0.25, -0.2) is 13.1 Å². The first-order valence-corrected chi connectivity index (χ1v) is 11.5. The van der Waals surface area contributed by atoms with Gasteiger partial charge in [-0.05, 0) is 67.1 Å². The number of hydrogen-bond donors (Lipinski definition) is 2. The van der Waals surface area contributed by atoms with Crippen LogP contribution in [0.1, 0.15) is 59.3 Å². The van der Waals surface area contributed by atoms with Crippen molar-refractivity contribution in [2.45, 2.75) is 64.2 Å². The van der Waals surface area contributed by atoms with E-state index in [4.69, 9.17) is 17.3 Å². The van der Waals surface area contributed by atoms with Crippen LogP contribution in [0.25, 0.3) is 0 Å². The van der Waals surface area contributed by atoms with Gasteiger partial charge in [0.2, 0.25) is 5.91 Å². The van der Waals surface area contributed by atoms with Crippen molar-refractivity contribution < 1.29 is 13.2 Å². The van der Waals surface area contributed by atoms with Crippen LogP contribution >= 0.6 is 11.6 Å². The number of amides is 1. The lowest BCUT2D eigenvalue weighted by molar-refractivity contribution is -0.121. The predicted octanol–water partition coefficient (Wildman–Crippen LogP) is 4.36. The Morgan fingerprint density at radius 2 is 1.96 bits per heavy atom. The number of benzene rings is 1. The molecular formula is C20H29ClN2O3S. The van der Waals surface area contributed by atoms with Crippen molar-refractivity contribution in [3.05, 3.63) is 23.2 Å². The van der Waals surface area contributed by atoms with Crippen molar-refractivity contribution in [1.29, 1.82) is 0 Å². The van der Waals surface area contributed by atoms with E-state index in [0.717, 1.165) is 38.5 Å². The van der Waals surface area contributed by atoms with Crippen molar-refractivity contribution in [3.63, 3.8) is 0 Å². The summed E-state index contributed by atoms with van der Waals surface area (Å²) < 4.78 is 27.2. The number of rotatable bonds is 5. The minimum Gasteiger partial charge on any atom is -0.397 e. The summed E-state index contributed by atoms with van der Waals surface area (Å²) in [7, 11) is -3.94. The minimum atomic E-state index is -3.94. The quantitative estimate of drug-likeness (QED) is 0.703. The van der Waals surface area contributed by atoms with Crippen LogP contribution in [0.5, 0.6) is 0 Å². The highest BCUT2D eigenvalue weighted by Gasteiger charge is 2.59. The van der Waals surface area contributed by atoms with Crippen LogP contribution in [-0.4, -0.2) is 14.3 Å². The number of carbonyl (C=O) groups is 1. The standard InChI is InChI=1S/C20H29ClN2O3S/c1-4-19(2,3)13-7-9-20(10-8-13)12-15(20)18(24)23-27(25,26)14-5-6-16(21)17(22)11-14/h5-6,11,13,15H,4,7-10,12,22H2,1-3H3,(H,23,24). The monoisotopic (exact) mass is 412 g/mol. The third kappa shape index (κ3) is 3.97.